The lowest BCUT2D eigenvalue weighted by atomic mass is 10.1. The Labute approximate surface area is 158 Å². The monoisotopic (exact) mass is 374 g/mol. The fourth-order valence-electron chi connectivity index (χ4n) is 3.07. The number of methoxy groups -OCH3 is 1. The van der Waals surface area contributed by atoms with Crippen molar-refractivity contribution in [3.8, 4) is 5.75 Å². The van der Waals surface area contributed by atoms with Gasteiger partial charge < -0.3 is 23.7 Å². The van der Waals surface area contributed by atoms with E-state index in [1.807, 2.05) is 39.0 Å². The summed E-state index contributed by atoms with van der Waals surface area (Å²) >= 11 is 0. The highest BCUT2D eigenvalue weighted by Gasteiger charge is 2.28. The second kappa shape index (κ2) is 7.50. The van der Waals surface area contributed by atoms with E-state index < -0.39 is 5.60 Å². The second-order valence-electron chi connectivity index (χ2n) is 7.65. The van der Waals surface area contributed by atoms with E-state index in [-0.39, 0.29) is 18.4 Å². The molecular formula is C20H26N2O5. The Balaban J connectivity index is 1.58. The standard InChI is InChI=1S/C20H26N2O5/c1-20(2,3)27-19(24)22-9-7-21(8-10-22)18(23)11-14-13-26-17-12-15(25-4)5-6-16(14)17/h5-6,12-13H,7-11H2,1-4H3. The summed E-state index contributed by atoms with van der Waals surface area (Å²) in [6, 6.07) is 5.56. The molecule has 0 saturated carbocycles. The van der Waals surface area contributed by atoms with E-state index in [1.54, 1.807) is 23.2 Å². The molecule has 0 spiro atoms. The predicted molar refractivity (Wildman–Crippen MR) is 101 cm³/mol. The third-order valence-corrected chi connectivity index (χ3v) is 4.49. The summed E-state index contributed by atoms with van der Waals surface area (Å²) in [7, 11) is 1.60. The largest absolute Gasteiger partial charge is 0.497 e. The van der Waals surface area contributed by atoms with Crippen molar-refractivity contribution in [2.45, 2.75) is 32.8 Å². The number of benzene rings is 1. The van der Waals surface area contributed by atoms with Crippen LogP contribution in [0.1, 0.15) is 26.3 Å². The van der Waals surface area contributed by atoms with Crippen LogP contribution in [0.2, 0.25) is 0 Å². The molecule has 0 bridgehead atoms. The third-order valence-electron chi connectivity index (χ3n) is 4.49. The van der Waals surface area contributed by atoms with E-state index in [0.717, 1.165) is 10.9 Å². The Morgan fingerprint density at radius 3 is 2.41 bits per heavy atom. The first-order chi connectivity index (χ1) is 12.8. The van der Waals surface area contributed by atoms with Gasteiger partial charge in [-0.05, 0) is 32.9 Å². The van der Waals surface area contributed by atoms with Crippen LogP contribution in [-0.2, 0) is 16.0 Å². The van der Waals surface area contributed by atoms with Crippen molar-refractivity contribution in [3.63, 3.8) is 0 Å². The van der Waals surface area contributed by atoms with E-state index in [4.69, 9.17) is 13.9 Å². The van der Waals surface area contributed by atoms with Gasteiger partial charge in [-0.2, -0.15) is 0 Å². The van der Waals surface area contributed by atoms with Gasteiger partial charge in [-0.3, -0.25) is 4.79 Å². The molecule has 3 rings (SSSR count). The molecular weight excluding hydrogens is 348 g/mol. The number of carbonyl (C=O) groups is 2. The van der Waals surface area contributed by atoms with Gasteiger partial charge in [0.2, 0.25) is 5.91 Å². The van der Waals surface area contributed by atoms with Crippen LogP contribution in [0.5, 0.6) is 5.75 Å². The van der Waals surface area contributed by atoms with Gasteiger partial charge in [0.15, 0.2) is 0 Å². The van der Waals surface area contributed by atoms with Gasteiger partial charge in [0.1, 0.15) is 16.9 Å². The van der Waals surface area contributed by atoms with Gasteiger partial charge in [0, 0.05) is 43.2 Å². The van der Waals surface area contributed by atoms with E-state index >= 15 is 0 Å². The number of piperazine rings is 1. The molecule has 1 aromatic carbocycles. The topological polar surface area (TPSA) is 72.2 Å². The first kappa shape index (κ1) is 19.1. The summed E-state index contributed by atoms with van der Waals surface area (Å²) in [5, 5.41) is 0.913. The van der Waals surface area contributed by atoms with Crippen molar-refractivity contribution >= 4 is 23.0 Å². The SMILES string of the molecule is COc1ccc2c(CC(=O)N3CCN(C(=O)OC(C)(C)C)CC3)coc2c1. The minimum atomic E-state index is -0.519. The maximum Gasteiger partial charge on any atom is 0.410 e. The zero-order valence-corrected chi connectivity index (χ0v) is 16.3. The molecule has 1 aromatic heterocycles. The van der Waals surface area contributed by atoms with Crippen LogP contribution in [0.25, 0.3) is 11.0 Å². The van der Waals surface area contributed by atoms with Crippen LogP contribution in [0.4, 0.5) is 4.79 Å². The van der Waals surface area contributed by atoms with Crippen molar-refractivity contribution in [2.75, 3.05) is 33.3 Å². The molecule has 0 N–H and O–H groups in total. The smallest absolute Gasteiger partial charge is 0.410 e. The molecule has 2 aromatic rings. The van der Waals surface area contributed by atoms with E-state index in [2.05, 4.69) is 0 Å². The molecule has 0 atom stereocenters. The minimum Gasteiger partial charge on any atom is -0.497 e. The average molecular weight is 374 g/mol. The van der Waals surface area contributed by atoms with Gasteiger partial charge >= 0.3 is 6.09 Å². The predicted octanol–water partition coefficient (Wildman–Crippen LogP) is 3.06. The Morgan fingerprint density at radius 1 is 1.11 bits per heavy atom. The molecule has 2 amide bonds. The summed E-state index contributed by atoms with van der Waals surface area (Å²) in [5.74, 6) is 0.741. The number of amides is 2. The molecule has 1 saturated heterocycles. The van der Waals surface area contributed by atoms with Crippen molar-refractivity contribution < 1.29 is 23.5 Å². The minimum absolute atomic E-state index is 0.0253. The lowest BCUT2D eigenvalue weighted by Gasteiger charge is -2.35. The van der Waals surface area contributed by atoms with E-state index in [1.165, 1.54) is 0 Å². The normalized spacial score (nSPS) is 15.1. The number of rotatable bonds is 3. The van der Waals surface area contributed by atoms with Gasteiger partial charge in [0.25, 0.3) is 0 Å². The molecule has 1 aliphatic heterocycles. The fraction of sp³-hybridized carbons (Fsp3) is 0.500. The number of hydrogen-bond donors (Lipinski definition) is 0. The van der Waals surface area contributed by atoms with Crippen LogP contribution in [0, 0.1) is 0 Å². The third kappa shape index (κ3) is 4.53. The molecule has 0 aliphatic carbocycles. The van der Waals surface area contributed by atoms with Gasteiger partial charge in [-0.1, -0.05) is 0 Å². The number of carbonyl (C=O) groups excluding carboxylic acids is 2. The molecule has 1 aliphatic rings. The molecule has 1 fully saturated rings. The van der Waals surface area contributed by atoms with Crippen molar-refractivity contribution in [1.29, 1.82) is 0 Å². The highest BCUT2D eigenvalue weighted by atomic mass is 16.6. The number of nitrogens with zero attached hydrogens (tertiary/aromatic N) is 2. The lowest BCUT2D eigenvalue weighted by Crippen LogP contribution is -2.51. The quantitative estimate of drug-likeness (QED) is 0.826. The Hall–Kier alpha value is -2.70. The molecule has 2 heterocycles. The first-order valence-corrected chi connectivity index (χ1v) is 9.06. The summed E-state index contributed by atoms with van der Waals surface area (Å²) in [5.41, 5.74) is 1.04. The molecule has 0 unspecified atom stereocenters. The first-order valence-electron chi connectivity index (χ1n) is 9.06. The van der Waals surface area contributed by atoms with Crippen molar-refractivity contribution in [3.05, 3.63) is 30.0 Å². The van der Waals surface area contributed by atoms with Crippen LogP contribution >= 0.6 is 0 Å². The molecule has 0 radical (unpaired) electrons. The number of furan rings is 1. The van der Waals surface area contributed by atoms with Crippen molar-refractivity contribution in [1.82, 2.24) is 9.80 Å². The summed E-state index contributed by atoms with van der Waals surface area (Å²) < 4.78 is 16.1. The number of fused-ring (bicyclic) bond motifs is 1. The maximum absolute atomic E-state index is 12.7. The Morgan fingerprint density at radius 2 is 1.78 bits per heavy atom. The van der Waals surface area contributed by atoms with Gasteiger partial charge in [-0.15, -0.1) is 0 Å². The summed E-state index contributed by atoms with van der Waals surface area (Å²) in [6.07, 6.45) is 1.56. The Kier molecular flexibility index (Phi) is 5.30. The number of hydrogen-bond acceptors (Lipinski definition) is 5. The summed E-state index contributed by atoms with van der Waals surface area (Å²) in [6.45, 7) is 7.48. The van der Waals surface area contributed by atoms with Gasteiger partial charge in [0.05, 0.1) is 19.8 Å². The average Bonchev–Trinajstić information content (AvgIpc) is 3.02. The van der Waals surface area contributed by atoms with Gasteiger partial charge in [-0.25, -0.2) is 4.79 Å². The second-order valence-corrected chi connectivity index (χ2v) is 7.65. The van der Waals surface area contributed by atoms with Crippen LogP contribution in [0.3, 0.4) is 0 Å². The highest BCUT2D eigenvalue weighted by molar-refractivity contribution is 5.88. The maximum atomic E-state index is 12.7. The molecule has 7 nitrogen and oxygen atoms in total. The summed E-state index contributed by atoms with van der Waals surface area (Å²) in [4.78, 5) is 28.2. The van der Waals surface area contributed by atoms with Crippen LogP contribution < -0.4 is 4.74 Å². The van der Waals surface area contributed by atoms with Crippen molar-refractivity contribution in [2.24, 2.45) is 0 Å². The number of ether oxygens (including phenoxy) is 2. The van der Waals surface area contributed by atoms with E-state index in [9.17, 15) is 9.59 Å². The molecule has 27 heavy (non-hydrogen) atoms. The lowest BCUT2D eigenvalue weighted by molar-refractivity contribution is -0.132. The zero-order chi connectivity index (χ0) is 19.6. The zero-order valence-electron chi connectivity index (χ0n) is 16.3. The Bertz CT molecular complexity index is 828. The highest BCUT2D eigenvalue weighted by Crippen LogP contribution is 2.26. The van der Waals surface area contributed by atoms with Crippen LogP contribution in [0.15, 0.2) is 28.9 Å². The van der Waals surface area contributed by atoms with Crippen LogP contribution in [-0.4, -0.2) is 60.7 Å². The molecule has 146 valence electrons. The fourth-order valence-corrected chi connectivity index (χ4v) is 3.07. The molecule has 7 heteroatoms. The van der Waals surface area contributed by atoms with E-state index in [0.29, 0.717) is 37.5 Å².